The highest BCUT2D eigenvalue weighted by Crippen LogP contribution is 2.43. The van der Waals surface area contributed by atoms with Crippen LogP contribution < -0.4 is 5.73 Å². The van der Waals surface area contributed by atoms with Crippen LogP contribution in [0.25, 0.3) is 0 Å². The number of phosphoric acid groups is 1. The van der Waals surface area contributed by atoms with Crippen LogP contribution in [0, 0.1) is 0 Å². The van der Waals surface area contributed by atoms with Gasteiger partial charge >= 0.3 is 19.8 Å². The van der Waals surface area contributed by atoms with Gasteiger partial charge in [0.05, 0.1) is 13.2 Å². The first-order chi connectivity index (χ1) is 25.8. The highest BCUT2D eigenvalue weighted by atomic mass is 31.2. The van der Waals surface area contributed by atoms with Crippen molar-refractivity contribution in [3.05, 3.63) is 85.1 Å². The monoisotopic (exact) mass is 761 g/mol. The Balaban J connectivity index is 4.39. The second-order valence-electron chi connectivity index (χ2n) is 12.8. The lowest BCUT2D eigenvalue weighted by Crippen LogP contribution is -2.29. The first-order valence-corrected chi connectivity index (χ1v) is 21.6. The van der Waals surface area contributed by atoms with Crippen molar-refractivity contribution in [1.29, 1.82) is 0 Å². The van der Waals surface area contributed by atoms with Crippen LogP contribution in [0.1, 0.15) is 142 Å². The Hall–Kier alpha value is -2.81. The van der Waals surface area contributed by atoms with Crippen LogP contribution >= 0.6 is 7.82 Å². The lowest BCUT2D eigenvalue weighted by atomic mass is 10.1. The van der Waals surface area contributed by atoms with Gasteiger partial charge in [0, 0.05) is 19.4 Å². The molecule has 0 heterocycles. The zero-order valence-electron chi connectivity index (χ0n) is 33.0. The van der Waals surface area contributed by atoms with Crippen molar-refractivity contribution >= 4 is 19.8 Å². The van der Waals surface area contributed by atoms with Gasteiger partial charge in [-0.3, -0.25) is 18.6 Å². The van der Waals surface area contributed by atoms with Gasteiger partial charge in [0.25, 0.3) is 0 Å². The molecule has 0 aliphatic carbocycles. The van der Waals surface area contributed by atoms with Crippen LogP contribution in [0.15, 0.2) is 85.1 Å². The minimum atomic E-state index is -4.40. The third-order valence-electron chi connectivity index (χ3n) is 7.75. The fourth-order valence-corrected chi connectivity index (χ4v) is 5.51. The lowest BCUT2D eigenvalue weighted by Gasteiger charge is -2.19. The average Bonchev–Trinajstić information content (AvgIpc) is 3.14. The summed E-state index contributed by atoms with van der Waals surface area (Å²) >= 11 is 0. The number of carbonyl (C=O) groups is 2. The summed E-state index contributed by atoms with van der Waals surface area (Å²) in [6.45, 7) is 3.53. The molecule has 0 radical (unpaired) electrons. The third kappa shape index (κ3) is 38.7. The Morgan fingerprint density at radius 1 is 0.566 bits per heavy atom. The van der Waals surface area contributed by atoms with Crippen LogP contribution in [0.4, 0.5) is 0 Å². The highest BCUT2D eigenvalue weighted by Gasteiger charge is 2.25. The number of hydrogen-bond donors (Lipinski definition) is 2. The molecular weight excluding hydrogens is 689 g/mol. The van der Waals surface area contributed by atoms with Crippen LogP contribution in [0.2, 0.25) is 0 Å². The number of rotatable bonds is 36. The largest absolute Gasteiger partial charge is 0.472 e. The van der Waals surface area contributed by atoms with E-state index >= 15 is 0 Å². The number of unbranched alkanes of at least 4 members (excludes halogenated alkanes) is 9. The van der Waals surface area contributed by atoms with Gasteiger partial charge in [0.1, 0.15) is 6.61 Å². The highest BCUT2D eigenvalue weighted by molar-refractivity contribution is 7.47. The van der Waals surface area contributed by atoms with Crippen molar-refractivity contribution in [3.63, 3.8) is 0 Å². The molecule has 10 heteroatoms. The van der Waals surface area contributed by atoms with Crippen molar-refractivity contribution in [2.45, 2.75) is 148 Å². The molecule has 0 aromatic rings. The van der Waals surface area contributed by atoms with E-state index in [0.717, 1.165) is 57.8 Å². The summed E-state index contributed by atoms with van der Waals surface area (Å²) in [4.78, 5) is 34.7. The molecule has 0 rings (SSSR count). The Kier molecular flexibility index (Phi) is 36.8. The summed E-state index contributed by atoms with van der Waals surface area (Å²) in [5, 5.41) is 0. The third-order valence-corrected chi connectivity index (χ3v) is 8.74. The smallest absolute Gasteiger partial charge is 0.462 e. The fraction of sp³-hybridized carbons (Fsp3) is 0.628. The summed E-state index contributed by atoms with van der Waals surface area (Å²) < 4.78 is 32.6. The van der Waals surface area contributed by atoms with Crippen LogP contribution in [0.3, 0.4) is 0 Å². The predicted octanol–water partition coefficient (Wildman–Crippen LogP) is 11.3. The van der Waals surface area contributed by atoms with Crippen LogP contribution in [0.5, 0.6) is 0 Å². The molecule has 0 aliphatic heterocycles. The Labute approximate surface area is 322 Å². The molecule has 0 aromatic carbocycles. The number of nitrogens with two attached hydrogens (primary N) is 1. The molecule has 0 saturated heterocycles. The average molecular weight is 762 g/mol. The minimum Gasteiger partial charge on any atom is -0.462 e. The summed E-state index contributed by atoms with van der Waals surface area (Å²) in [7, 11) is -4.40. The molecule has 302 valence electrons. The molecule has 1 unspecified atom stereocenters. The van der Waals surface area contributed by atoms with Crippen molar-refractivity contribution in [2.24, 2.45) is 5.73 Å². The Morgan fingerprint density at radius 2 is 0.981 bits per heavy atom. The van der Waals surface area contributed by atoms with Crippen LogP contribution in [-0.2, 0) is 32.7 Å². The van der Waals surface area contributed by atoms with Gasteiger partial charge < -0.3 is 20.1 Å². The summed E-state index contributed by atoms with van der Waals surface area (Å²) in [5.41, 5.74) is 5.33. The Bertz CT molecular complexity index is 1140. The van der Waals surface area contributed by atoms with E-state index in [0.29, 0.717) is 12.8 Å². The maximum Gasteiger partial charge on any atom is 0.472 e. The molecule has 0 fully saturated rings. The van der Waals surface area contributed by atoms with Gasteiger partial charge in [-0.25, -0.2) is 4.57 Å². The normalized spacial score (nSPS) is 14.3. The molecule has 0 aliphatic rings. The molecule has 0 amide bonds. The zero-order valence-corrected chi connectivity index (χ0v) is 33.9. The molecule has 0 spiro atoms. The SMILES string of the molecule is CCCCC/C=C/C/C=C/C/C=C/C/C=C/CCCC(=O)OC[C@H](COP(=O)(O)OCCN)OC(=O)CCCC/C=C/C/C=C/C/C=C/CCCCC. The molecular formula is C43H72NO8P. The van der Waals surface area contributed by atoms with E-state index in [1.807, 2.05) is 6.08 Å². The minimum absolute atomic E-state index is 0.0355. The molecule has 2 atom stereocenters. The van der Waals surface area contributed by atoms with E-state index in [2.05, 4.69) is 92.8 Å². The number of ether oxygens (including phenoxy) is 2. The van der Waals surface area contributed by atoms with Gasteiger partial charge in [-0.2, -0.15) is 0 Å². The first kappa shape index (κ1) is 50.2. The lowest BCUT2D eigenvalue weighted by molar-refractivity contribution is -0.161. The quantitative estimate of drug-likeness (QED) is 0.0277. The van der Waals surface area contributed by atoms with E-state index in [9.17, 15) is 19.0 Å². The van der Waals surface area contributed by atoms with E-state index in [4.69, 9.17) is 24.3 Å². The number of carbonyl (C=O) groups excluding carboxylic acids is 2. The second kappa shape index (κ2) is 38.9. The standard InChI is InChI=1S/C43H72NO8P/c1-3-5-7-9-11-13-15-17-19-20-22-23-25-27-29-31-33-35-42(45)49-39-41(40-51-53(47,48)50-38-37-44)52-43(46)36-34-32-30-28-26-24-21-18-16-14-12-10-8-6-4-2/h11-14,17-19,21-23,26-29,41H,3-10,15-16,20,24-25,30-40,44H2,1-2H3,(H,47,48)/b13-11+,14-12+,19-17+,21-18+,23-22+,28-26+,29-27+/t41-/m1/s1. The van der Waals surface area contributed by atoms with Crippen molar-refractivity contribution in [1.82, 2.24) is 0 Å². The zero-order chi connectivity index (χ0) is 38.9. The van der Waals surface area contributed by atoms with E-state index in [1.165, 1.54) is 44.9 Å². The number of allylic oxidation sites excluding steroid dienone is 14. The van der Waals surface area contributed by atoms with E-state index in [1.54, 1.807) is 0 Å². The van der Waals surface area contributed by atoms with Crippen molar-refractivity contribution < 1.29 is 37.6 Å². The van der Waals surface area contributed by atoms with Crippen molar-refractivity contribution in [3.8, 4) is 0 Å². The molecule has 0 saturated carbocycles. The van der Waals surface area contributed by atoms with Crippen molar-refractivity contribution in [2.75, 3.05) is 26.4 Å². The predicted molar refractivity (Wildman–Crippen MR) is 219 cm³/mol. The maximum atomic E-state index is 12.5. The maximum absolute atomic E-state index is 12.5. The molecule has 3 N–H and O–H groups in total. The first-order valence-electron chi connectivity index (χ1n) is 20.1. The van der Waals surface area contributed by atoms with Gasteiger partial charge in [-0.15, -0.1) is 0 Å². The molecule has 0 aromatic heterocycles. The van der Waals surface area contributed by atoms with Gasteiger partial charge in [0.2, 0.25) is 0 Å². The molecule has 53 heavy (non-hydrogen) atoms. The second-order valence-corrected chi connectivity index (χ2v) is 14.2. The summed E-state index contributed by atoms with van der Waals surface area (Å²) in [6, 6.07) is 0. The summed E-state index contributed by atoms with van der Waals surface area (Å²) in [5.74, 6) is -0.950. The molecule has 9 nitrogen and oxygen atoms in total. The topological polar surface area (TPSA) is 134 Å². The van der Waals surface area contributed by atoms with Gasteiger partial charge in [0.15, 0.2) is 6.10 Å². The number of esters is 2. The van der Waals surface area contributed by atoms with E-state index < -0.39 is 32.5 Å². The van der Waals surface area contributed by atoms with E-state index in [-0.39, 0.29) is 32.6 Å². The fourth-order valence-electron chi connectivity index (χ4n) is 4.75. The van der Waals surface area contributed by atoms with Gasteiger partial charge in [-0.05, 0) is 89.9 Å². The number of hydrogen-bond acceptors (Lipinski definition) is 8. The van der Waals surface area contributed by atoms with Crippen LogP contribution in [-0.4, -0.2) is 49.3 Å². The number of phosphoric ester groups is 1. The van der Waals surface area contributed by atoms with Gasteiger partial charge in [-0.1, -0.05) is 125 Å². The summed E-state index contributed by atoms with van der Waals surface area (Å²) in [6.07, 6.45) is 47.6. The Morgan fingerprint density at radius 3 is 1.43 bits per heavy atom. The molecule has 0 bridgehead atoms.